The Hall–Kier alpha value is -3.46. The van der Waals surface area contributed by atoms with E-state index in [4.69, 9.17) is 14.0 Å². The molecule has 0 aliphatic carbocycles. The molecule has 0 unspecified atom stereocenters. The lowest BCUT2D eigenvalue weighted by Gasteiger charge is -2.05. The summed E-state index contributed by atoms with van der Waals surface area (Å²) in [5.74, 6) is -1.36. The molecule has 3 rings (SSSR count). The average Bonchev–Trinajstić information content (AvgIpc) is 3.34. The highest BCUT2D eigenvalue weighted by molar-refractivity contribution is 7.18. The first-order valence-corrected chi connectivity index (χ1v) is 10.1. The second-order valence-electron chi connectivity index (χ2n) is 6.10. The monoisotopic (exact) mass is 428 g/mol. The number of hydrogen-bond donors (Lipinski definition) is 1. The van der Waals surface area contributed by atoms with Gasteiger partial charge in [-0.15, -0.1) is 11.3 Å². The molecule has 0 fully saturated rings. The molecule has 2 aromatic heterocycles. The van der Waals surface area contributed by atoms with Crippen LogP contribution in [0.5, 0.6) is 0 Å². The number of thiophene rings is 1. The maximum Gasteiger partial charge on any atom is 0.348 e. The zero-order valence-electron chi connectivity index (χ0n) is 16.7. The van der Waals surface area contributed by atoms with Crippen LogP contribution in [0.4, 0.5) is 5.00 Å². The quantitative estimate of drug-likeness (QED) is 0.558. The number of rotatable bonds is 7. The van der Waals surface area contributed by atoms with Crippen molar-refractivity contribution in [1.29, 1.82) is 0 Å². The SMILES string of the molecule is CCOC(=O)c1sc(NC(=O)c2cc(-c3ccccc3)on2)c(C(=O)OCC)c1C. The van der Waals surface area contributed by atoms with Crippen LogP contribution in [-0.4, -0.2) is 36.2 Å². The van der Waals surface area contributed by atoms with Crippen molar-refractivity contribution >= 4 is 34.2 Å². The predicted octanol–water partition coefficient (Wildman–Crippen LogP) is 4.32. The van der Waals surface area contributed by atoms with Crippen molar-refractivity contribution in [2.45, 2.75) is 20.8 Å². The highest BCUT2D eigenvalue weighted by Crippen LogP contribution is 2.34. The Morgan fingerprint density at radius 2 is 1.73 bits per heavy atom. The minimum atomic E-state index is -0.637. The number of nitrogens with zero attached hydrogens (tertiary/aromatic N) is 1. The number of ether oxygens (including phenoxy) is 2. The summed E-state index contributed by atoms with van der Waals surface area (Å²) in [7, 11) is 0. The summed E-state index contributed by atoms with van der Waals surface area (Å²) in [6.45, 7) is 5.30. The van der Waals surface area contributed by atoms with E-state index in [0.717, 1.165) is 16.9 Å². The molecule has 156 valence electrons. The van der Waals surface area contributed by atoms with Gasteiger partial charge in [-0.3, -0.25) is 4.79 Å². The van der Waals surface area contributed by atoms with E-state index in [1.165, 1.54) is 6.07 Å². The summed E-state index contributed by atoms with van der Waals surface area (Å²) in [5.41, 5.74) is 1.31. The highest BCUT2D eigenvalue weighted by Gasteiger charge is 2.28. The zero-order valence-corrected chi connectivity index (χ0v) is 17.5. The minimum Gasteiger partial charge on any atom is -0.462 e. The molecule has 30 heavy (non-hydrogen) atoms. The number of hydrogen-bond acceptors (Lipinski definition) is 8. The Morgan fingerprint density at radius 1 is 1.07 bits per heavy atom. The normalized spacial score (nSPS) is 10.5. The van der Waals surface area contributed by atoms with Crippen molar-refractivity contribution in [3.8, 4) is 11.3 Å². The van der Waals surface area contributed by atoms with Crippen molar-refractivity contribution in [2.75, 3.05) is 18.5 Å². The summed E-state index contributed by atoms with van der Waals surface area (Å²) >= 11 is 0.949. The maximum absolute atomic E-state index is 12.7. The first-order chi connectivity index (χ1) is 14.5. The molecular weight excluding hydrogens is 408 g/mol. The van der Waals surface area contributed by atoms with Crippen molar-refractivity contribution < 1.29 is 28.4 Å². The number of esters is 2. The van der Waals surface area contributed by atoms with Crippen LogP contribution >= 0.6 is 11.3 Å². The molecule has 3 aromatic rings. The van der Waals surface area contributed by atoms with Crippen LogP contribution in [0.3, 0.4) is 0 Å². The van der Waals surface area contributed by atoms with Crippen LogP contribution in [0.1, 0.15) is 49.9 Å². The van der Waals surface area contributed by atoms with Gasteiger partial charge in [0.25, 0.3) is 5.91 Å². The third kappa shape index (κ3) is 4.41. The number of carbonyl (C=O) groups is 3. The summed E-state index contributed by atoms with van der Waals surface area (Å²) in [4.78, 5) is 37.6. The van der Waals surface area contributed by atoms with E-state index in [0.29, 0.717) is 11.3 Å². The van der Waals surface area contributed by atoms with Crippen LogP contribution in [-0.2, 0) is 9.47 Å². The number of amides is 1. The Labute approximate surface area is 176 Å². The van der Waals surface area contributed by atoms with Gasteiger partial charge >= 0.3 is 11.9 Å². The average molecular weight is 428 g/mol. The fraction of sp³-hybridized carbons (Fsp3) is 0.238. The zero-order chi connectivity index (χ0) is 21.7. The summed E-state index contributed by atoms with van der Waals surface area (Å²) < 4.78 is 15.4. The fourth-order valence-corrected chi connectivity index (χ4v) is 3.81. The fourth-order valence-electron chi connectivity index (χ4n) is 2.73. The van der Waals surface area contributed by atoms with Gasteiger partial charge in [0.1, 0.15) is 9.88 Å². The molecule has 0 aliphatic heterocycles. The standard InChI is InChI=1S/C21H20N2O6S/c1-4-27-20(25)16-12(3)17(21(26)28-5-2)30-19(16)22-18(24)14-11-15(29-23-14)13-9-7-6-8-10-13/h6-11H,4-5H2,1-3H3,(H,22,24). The second kappa shape index (κ2) is 9.36. The van der Waals surface area contributed by atoms with Crippen molar-refractivity contribution in [2.24, 2.45) is 0 Å². The molecule has 2 heterocycles. The molecule has 0 bridgehead atoms. The molecule has 0 aliphatic rings. The van der Waals surface area contributed by atoms with Gasteiger partial charge in [-0.2, -0.15) is 0 Å². The third-order valence-corrected chi connectivity index (χ3v) is 5.30. The van der Waals surface area contributed by atoms with Gasteiger partial charge in [-0.1, -0.05) is 35.5 Å². The van der Waals surface area contributed by atoms with Crippen LogP contribution in [0.15, 0.2) is 40.9 Å². The molecule has 0 spiro atoms. The van der Waals surface area contributed by atoms with Crippen LogP contribution in [0.2, 0.25) is 0 Å². The Balaban J connectivity index is 1.90. The third-order valence-electron chi connectivity index (χ3n) is 4.12. The maximum atomic E-state index is 12.7. The van der Waals surface area contributed by atoms with Gasteiger partial charge in [-0.05, 0) is 26.3 Å². The summed E-state index contributed by atoms with van der Waals surface area (Å²) in [6.07, 6.45) is 0. The lowest BCUT2D eigenvalue weighted by molar-refractivity contribution is 0.0527. The van der Waals surface area contributed by atoms with Crippen LogP contribution in [0, 0.1) is 6.92 Å². The van der Waals surface area contributed by atoms with E-state index in [2.05, 4.69) is 10.5 Å². The number of carbonyl (C=O) groups excluding carboxylic acids is 3. The molecule has 1 aromatic carbocycles. The van der Waals surface area contributed by atoms with E-state index in [9.17, 15) is 14.4 Å². The second-order valence-corrected chi connectivity index (χ2v) is 7.12. The smallest absolute Gasteiger partial charge is 0.348 e. The van der Waals surface area contributed by atoms with Gasteiger partial charge in [0.05, 0.1) is 18.8 Å². The summed E-state index contributed by atoms with van der Waals surface area (Å²) in [6, 6.07) is 10.7. The largest absolute Gasteiger partial charge is 0.462 e. The molecule has 1 N–H and O–H groups in total. The van der Waals surface area contributed by atoms with E-state index in [-0.39, 0.29) is 34.3 Å². The lowest BCUT2D eigenvalue weighted by Crippen LogP contribution is -2.15. The first-order valence-electron chi connectivity index (χ1n) is 9.27. The van der Waals surface area contributed by atoms with Gasteiger partial charge in [0.15, 0.2) is 11.5 Å². The van der Waals surface area contributed by atoms with Gasteiger partial charge in [-0.25, -0.2) is 9.59 Å². The Kier molecular flexibility index (Phi) is 6.63. The molecule has 0 saturated carbocycles. The van der Waals surface area contributed by atoms with Crippen LogP contribution in [0.25, 0.3) is 11.3 Å². The molecule has 9 heteroatoms. The highest BCUT2D eigenvalue weighted by atomic mass is 32.1. The van der Waals surface area contributed by atoms with E-state index in [1.807, 2.05) is 30.3 Å². The molecule has 0 radical (unpaired) electrons. The van der Waals surface area contributed by atoms with Crippen LogP contribution < -0.4 is 5.32 Å². The molecule has 1 amide bonds. The number of benzene rings is 1. The Bertz CT molecular complexity index is 1070. The van der Waals surface area contributed by atoms with E-state index >= 15 is 0 Å². The Morgan fingerprint density at radius 3 is 2.40 bits per heavy atom. The number of nitrogens with one attached hydrogen (secondary N) is 1. The topological polar surface area (TPSA) is 108 Å². The molecule has 0 atom stereocenters. The minimum absolute atomic E-state index is 0.0346. The van der Waals surface area contributed by atoms with Crippen molar-refractivity contribution in [3.05, 3.63) is 58.1 Å². The van der Waals surface area contributed by atoms with E-state index in [1.54, 1.807) is 20.8 Å². The van der Waals surface area contributed by atoms with Gasteiger partial charge < -0.3 is 19.3 Å². The van der Waals surface area contributed by atoms with Gasteiger partial charge in [0, 0.05) is 11.6 Å². The molecule has 0 saturated heterocycles. The van der Waals surface area contributed by atoms with E-state index < -0.39 is 17.8 Å². The number of anilines is 1. The first kappa shape index (κ1) is 21.3. The predicted molar refractivity (Wildman–Crippen MR) is 111 cm³/mol. The molecule has 8 nitrogen and oxygen atoms in total. The van der Waals surface area contributed by atoms with Crippen molar-refractivity contribution in [3.63, 3.8) is 0 Å². The lowest BCUT2D eigenvalue weighted by atomic mass is 10.1. The van der Waals surface area contributed by atoms with Gasteiger partial charge in [0.2, 0.25) is 0 Å². The van der Waals surface area contributed by atoms with Crippen molar-refractivity contribution in [1.82, 2.24) is 5.16 Å². The summed E-state index contributed by atoms with van der Waals surface area (Å²) in [5, 5.41) is 6.62. The molecular formula is C21H20N2O6S. The number of aromatic nitrogens is 1.